The van der Waals surface area contributed by atoms with E-state index in [1.54, 1.807) is 13.0 Å². The second kappa shape index (κ2) is 5.88. The van der Waals surface area contributed by atoms with Crippen LogP contribution in [0.15, 0.2) is 12.1 Å². The van der Waals surface area contributed by atoms with Gasteiger partial charge in [-0.05, 0) is 24.6 Å². The third-order valence-electron chi connectivity index (χ3n) is 2.00. The van der Waals surface area contributed by atoms with Crippen LogP contribution in [0, 0.1) is 11.3 Å². The molecule has 1 aromatic rings. The zero-order chi connectivity index (χ0) is 12.1. The lowest BCUT2D eigenvalue weighted by Crippen LogP contribution is -2.08. The molecule has 0 N–H and O–H groups in total. The van der Waals surface area contributed by atoms with Crippen LogP contribution in [0.3, 0.4) is 0 Å². The quantitative estimate of drug-likeness (QED) is 0.636. The Morgan fingerprint density at radius 3 is 2.81 bits per heavy atom. The summed E-state index contributed by atoms with van der Waals surface area (Å²) in [4.78, 5) is 11.6. The van der Waals surface area contributed by atoms with E-state index in [4.69, 9.17) is 21.6 Å². The summed E-state index contributed by atoms with van der Waals surface area (Å²) in [5.74, 6) is -0.502. The molecule has 0 aliphatic carbocycles. The van der Waals surface area contributed by atoms with Gasteiger partial charge in [-0.3, -0.25) is 0 Å². The molecular formula is C11H9BrClNO2. The second-order valence-corrected chi connectivity index (χ2v) is 3.88. The largest absolute Gasteiger partial charge is 0.462 e. The fraction of sp³-hybridized carbons (Fsp3) is 0.273. The molecule has 0 bridgehead atoms. The van der Waals surface area contributed by atoms with E-state index in [0.29, 0.717) is 15.9 Å². The van der Waals surface area contributed by atoms with Gasteiger partial charge in [0.15, 0.2) is 0 Å². The molecule has 0 heterocycles. The van der Waals surface area contributed by atoms with Gasteiger partial charge in [0.25, 0.3) is 0 Å². The fourth-order valence-corrected chi connectivity index (χ4v) is 2.23. The van der Waals surface area contributed by atoms with E-state index in [1.807, 2.05) is 6.07 Å². The highest BCUT2D eigenvalue weighted by Gasteiger charge is 2.17. The number of carbonyl (C=O) groups is 1. The van der Waals surface area contributed by atoms with Crippen LogP contribution in [0.4, 0.5) is 0 Å². The molecule has 5 heteroatoms. The number of halogens is 2. The summed E-state index contributed by atoms with van der Waals surface area (Å²) < 4.78 is 4.86. The first-order valence-electron chi connectivity index (χ1n) is 4.60. The summed E-state index contributed by atoms with van der Waals surface area (Å²) in [6, 6.07) is 5.07. The number of hydrogen-bond donors (Lipinski definition) is 0. The number of alkyl halides is 1. The first-order chi connectivity index (χ1) is 7.65. The van der Waals surface area contributed by atoms with Gasteiger partial charge in [0.1, 0.15) is 6.07 Å². The SMILES string of the molecule is CCOC(=O)c1ccc(Cl)c(CBr)c1C#N. The minimum Gasteiger partial charge on any atom is -0.462 e. The summed E-state index contributed by atoms with van der Waals surface area (Å²) in [5.41, 5.74) is 1.13. The molecule has 0 fully saturated rings. The minimum atomic E-state index is -0.502. The molecule has 16 heavy (non-hydrogen) atoms. The van der Waals surface area contributed by atoms with Crippen molar-refractivity contribution in [3.8, 4) is 6.07 Å². The Kier molecular flexibility index (Phi) is 4.78. The van der Waals surface area contributed by atoms with Crippen LogP contribution in [-0.2, 0) is 10.1 Å². The smallest absolute Gasteiger partial charge is 0.339 e. The summed E-state index contributed by atoms with van der Waals surface area (Å²) in [7, 11) is 0. The van der Waals surface area contributed by atoms with Gasteiger partial charge in [0.05, 0.1) is 17.7 Å². The van der Waals surface area contributed by atoms with E-state index < -0.39 is 5.97 Å². The number of nitriles is 1. The lowest BCUT2D eigenvalue weighted by atomic mass is 10.0. The molecule has 1 aromatic carbocycles. The normalized spacial score (nSPS) is 9.62. The number of benzene rings is 1. The van der Waals surface area contributed by atoms with E-state index >= 15 is 0 Å². The van der Waals surface area contributed by atoms with Crippen molar-refractivity contribution in [1.29, 1.82) is 5.26 Å². The van der Waals surface area contributed by atoms with Gasteiger partial charge in [-0.1, -0.05) is 27.5 Å². The van der Waals surface area contributed by atoms with Crippen LogP contribution in [0.2, 0.25) is 5.02 Å². The fourth-order valence-electron chi connectivity index (χ4n) is 1.26. The third-order valence-corrected chi connectivity index (χ3v) is 2.91. The molecule has 0 spiro atoms. The van der Waals surface area contributed by atoms with Gasteiger partial charge in [0, 0.05) is 10.4 Å². The Morgan fingerprint density at radius 1 is 1.62 bits per heavy atom. The van der Waals surface area contributed by atoms with Crippen molar-refractivity contribution in [3.05, 3.63) is 33.8 Å². The summed E-state index contributed by atoms with van der Waals surface area (Å²) in [6.07, 6.45) is 0. The molecule has 0 atom stereocenters. The highest BCUT2D eigenvalue weighted by molar-refractivity contribution is 9.08. The molecular weight excluding hydrogens is 293 g/mol. The molecule has 0 aromatic heterocycles. The van der Waals surface area contributed by atoms with E-state index in [1.165, 1.54) is 6.07 Å². The Morgan fingerprint density at radius 2 is 2.31 bits per heavy atom. The molecule has 3 nitrogen and oxygen atoms in total. The van der Waals surface area contributed by atoms with Crippen molar-refractivity contribution in [3.63, 3.8) is 0 Å². The highest BCUT2D eigenvalue weighted by Crippen LogP contribution is 2.25. The third kappa shape index (κ3) is 2.55. The monoisotopic (exact) mass is 301 g/mol. The zero-order valence-corrected chi connectivity index (χ0v) is 10.9. The maximum Gasteiger partial charge on any atom is 0.339 e. The molecule has 0 saturated heterocycles. The van der Waals surface area contributed by atoms with Crippen LogP contribution in [0.5, 0.6) is 0 Å². The standard InChI is InChI=1S/C11H9BrClNO2/c1-2-16-11(15)7-3-4-10(13)8(5-12)9(7)6-14/h3-4H,2,5H2,1H3. The molecule has 84 valence electrons. The number of esters is 1. The average molecular weight is 303 g/mol. The van der Waals surface area contributed by atoms with Crippen LogP contribution in [-0.4, -0.2) is 12.6 Å². The van der Waals surface area contributed by atoms with Crippen LogP contribution >= 0.6 is 27.5 Å². The molecule has 0 radical (unpaired) electrons. The average Bonchev–Trinajstić information content (AvgIpc) is 2.28. The maximum absolute atomic E-state index is 11.6. The van der Waals surface area contributed by atoms with E-state index in [-0.39, 0.29) is 17.7 Å². The minimum absolute atomic E-state index is 0.253. The first-order valence-corrected chi connectivity index (χ1v) is 6.10. The Hall–Kier alpha value is -1.05. The lowest BCUT2D eigenvalue weighted by Gasteiger charge is -2.08. The topological polar surface area (TPSA) is 50.1 Å². The molecule has 0 amide bonds. The molecule has 0 aliphatic heterocycles. The summed E-state index contributed by atoms with van der Waals surface area (Å²) in [5, 5.41) is 9.91. The molecule has 0 unspecified atom stereocenters. The predicted octanol–water partition coefficient (Wildman–Crippen LogP) is 3.28. The van der Waals surface area contributed by atoms with Gasteiger partial charge < -0.3 is 4.74 Å². The van der Waals surface area contributed by atoms with Crippen molar-refractivity contribution in [2.75, 3.05) is 6.61 Å². The summed E-state index contributed by atoms with van der Waals surface area (Å²) >= 11 is 9.16. The van der Waals surface area contributed by atoms with Crippen LogP contribution in [0.1, 0.15) is 28.4 Å². The number of ether oxygens (including phenoxy) is 1. The van der Waals surface area contributed by atoms with Gasteiger partial charge in [-0.15, -0.1) is 0 Å². The lowest BCUT2D eigenvalue weighted by molar-refractivity contribution is 0.0526. The highest BCUT2D eigenvalue weighted by atomic mass is 79.9. The van der Waals surface area contributed by atoms with Gasteiger partial charge >= 0.3 is 5.97 Å². The predicted molar refractivity (Wildman–Crippen MR) is 64.8 cm³/mol. The molecule has 0 saturated carbocycles. The van der Waals surface area contributed by atoms with Crippen molar-refractivity contribution in [2.24, 2.45) is 0 Å². The molecule has 0 aliphatic rings. The van der Waals surface area contributed by atoms with Crippen molar-refractivity contribution >= 4 is 33.5 Å². The second-order valence-electron chi connectivity index (χ2n) is 2.91. The number of nitrogens with zero attached hydrogens (tertiary/aromatic N) is 1. The molecule has 1 rings (SSSR count). The van der Waals surface area contributed by atoms with Gasteiger partial charge in [-0.25, -0.2) is 4.79 Å². The van der Waals surface area contributed by atoms with E-state index in [2.05, 4.69) is 15.9 Å². The number of hydrogen-bond acceptors (Lipinski definition) is 3. The van der Waals surface area contributed by atoms with E-state index in [9.17, 15) is 4.79 Å². The first kappa shape index (κ1) is 13.0. The summed E-state index contributed by atoms with van der Waals surface area (Å²) in [6.45, 7) is 1.99. The Balaban J connectivity index is 3.31. The van der Waals surface area contributed by atoms with Gasteiger partial charge in [0.2, 0.25) is 0 Å². The number of carbonyl (C=O) groups excluding carboxylic acids is 1. The Labute approximate surface area is 107 Å². The number of rotatable bonds is 3. The Bertz CT molecular complexity index is 454. The maximum atomic E-state index is 11.6. The van der Waals surface area contributed by atoms with Crippen molar-refractivity contribution < 1.29 is 9.53 Å². The van der Waals surface area contributed by atoms with Crippen molar-refractivity contribution in [2.45, 2.75) is 12.3 Å². The van der Waals surface area contributed by atoms with Crippen LogP contribution in [0.25, 0.3) is 0 Å². The zero-order valence-electron chi connectivity index (χ0n) is 8.59. The van der Waals surface area contributed by atoms with Crippen LogP contribution < -0.4 is 0 Å². The van der Waals surface area contributed by atoms with Gasteiger partial charge in [-0.2, -0.15) is 5.26 Å². The van der Waals surface area contributed by atoms with E-state index in [0.717, 1.165) is 0 Å². The van der Waals surface area contributed by atoms with Crippen molar-refractivity contribution in [1.82, 2.24) is 0 Å².